The number of hydrogen-bond donors (Lipinski definition) is 2. The van der Waals surface area contributed by atoms with Gasteiger partial charge in [0.2, 0.25) is 0 Å². The molecule has 0 spiro atoms. The Morgan fingerprint density at radius 1 is 1.11 bits per heavy atom. The normalized spacial score (nSPS) is 11.0. The summed E-state index contributed by atoms with van der Waals surface area (Å²) in [4.78, 5) is 12.5. The van der Waals surface area contributed by atoms with Crippen LogP contribution in [-0.4, -0.2) is 51.5 Å². The third-order valence-corrected chi connectivity index (χ3v) is 6.26. The molecule has 1 heterocycles. The number of para-hydroxylation sites is 1. The molecular formula is C27H27N5O4S. The Morgan fingerprint density at radius 3 is 2.57 bits per heavy atom. The predicted molar refractivity (Wildman–Crippen MR) is 144 cm³/mol. The summed E-state index contributed by atoms with van der Waals surface area (Å²) in [5.41, 5.74) is 5.80. The average Bonchev–Trinajstić information content (AvgIpc) is 3.34. The molecule has 4 rings (SSSR count). The second-order valence-electron chi connectivity index (χ2n) is 7.91. The lowest BCUT2D eigenvalue weighted by atomic mass is 10.1. The lowest BCUT2D eigenvalue weighted by molar-refractivity contribution is -0.118. The van der Waals surface area contributed by atoms with E-state index in [1.807, 2.05) is 66.9 Å². The van der Waals surface area contributed by atoms with Gasteiger partial charge in [0.05, 0.1) is 25.7 Å². The van der Waals surface area contributed by atoms with Gasteiger partial charge in [-0.25, -0.2) is 5.43 Å². The number of thioether (sulfide) groups is 1. The minimum absolute atomic E-state index is 0.0343. The van der Waals surface area contributed by atoms with Crippen molar-refractivity contribution in [3.8, 4) is 34.3 Å². The summed E-state index contributed by atoms with van der Waals surface area (Å²) < 4.78 is 12.6. The summed E-state index contributed by atoms with van der Waals surface area (Å²) in [5, 5.41) is 23.5. The van der Waals surface area contributed by atoms with E-state index in [2.05, 4.69) is 20.7 Å². The zero-order valence-electron chi connectivity index (χ0n) is 20.7. The maximum atomic E-state index is 12.5. The number of benzene rings is 3. The lowest BCUT2D eigenvalue weighted by Crippen LogP contribution is -2.20. The van der Waals surface area contributed by atoms with Gasteiger partial charge in [0.25, 0.3) is 5.91 Å². The second-order valence-corrected chi connectivity index (χ2v) is 8.86. The van der Waals surface area contributed by atoms with Gasteiger partial charge < -0.3 is 14.6 Å². The van der Waals surface area contributed by atoms with E-state index in [1.165, 1.54) is 18.0 Å². The Kier molecular flexibility index (Phi) is 8.42. The van der Waals surface area contributed by atoms with Gasteiger partial charge in [0, 0.05) is 16.8 Å². The number of phenols is 1. The van der Waals surface area contributed by atoms with Crippen molar-refractivity contribution < 1.29 is 19.4 Å². The third-order valence-electron chi connectivity index (χ3n) is 5.33. The van der Waals surface area contributed by atoms with Gasteiger partial charge in [0.15, 0.2) is 22.5 Å². The summed E-state index contributed by atoms with van der Waals surface area (Å²) in [6, 6.07) is 20.6. The van der Waals surface area contributed by atoms with E-state index in [1.54, 1.807) is 25.3 Å². The van der Waals surface area contributed by atoms with Gasteiger partial charge in [-0.3, -0.25) is 9.36 Å². The maximum absolute atomic E-state index is 12.5. The highest BCUT2D eigenvalue weighted by Gasteiger charge is 2.17. The van der Waals surface area contributed by atoms with Gasteiger partial charge in [-0.2, -0.15) is 5.10 Å². The molecule has 0 radical (unpaired) electrons. The molecule has 0 aliphatic carbocycles. The van der Waals surface area contributed by atoms with Crippen LogP contribution in [-0.2, 0) is 4.79 Å². The van der Waals surface area contributed by atoms with Crippen LogP contribution < -0.4 is 14.9 Å². The lowest BCUT2D eigenvalue weighted by Gasteiger charge is -2.11. The number of hydrazone groups is 1. The molecule has 1 amide bonds. The number of aryl methyl sites for hydroxylation is 1. The molecule has 0 aliphatic rings. The number of methoxy groups -OCH3 is 1. The summed E-state index contributed by atoms with van der Waals surface area (Å²) in [6.07, 6.45) is 1.37. The Balaban J connectivity index is 1.50. The average molecular weight is 518 g/mol. The molecule has 190 valence electrons. The Labute approximate surface area is 219 Å². The number of hydrogen-bond acceptors (Lipinski definition) is 8. The van der Waals surface area contributed by atoms with Crippen LogP contribution in [0.4, 0.5) is 0 Å². The number of amides is 1. The highest BCUT2D eigenvalue weighted by Crippen LogP contribution is 2.30. The minimum atomic E-state index is -0.331. The first kappa shape index (κ1) is 25.8. The molecule has 0 unspecified atom stereocenters. The van der Waals surface area contributed by atoms with Crippen LogP contribution in [0.5, 0.6) is 17.2 Å². The fraction of sp³-hybridized carbons (Fsp3) is 0.185. The highest BCUT2D eigenvalue weighted by atomic mass is 32.2. The van der Waals surface area contributed by atoms with Crippen LogP contribution in [0.15, 0.2) is 77.0 Å². The quantitative estimate of drug-likeness (QED) is 0.180. The van der Waals surface area contributed by atoms with Crippen molar-refractivity contribution in [2.45, 2.75) is 19.0 Å². The molecule has 1 aromatic heterocycles. The molecule has 0 bridgehead atoms. The van der Waals surface area contributed by atoms with Crippen LogP contribution >= 0.6 is 11.8 Å². The molecule has 0 saturated carbocycles. The summed E-state index contributed by atoms with van der Waals surface area (Å²) in [6.45, 7) is 4.28. The molecule has 0 aliphatic heterocycles. The summed E-state index contributed by atoms with van der Waals surface area (Å²) in [5.74, 6) is 1.45. The molecule has 3 aromatic carbocycles. The number of ether oxygens (including phenoxy) is 2. The molecule has 0 fully saturated rings. The van der Waals surface area contributed by atoms with Crippen molar-refractivity contribution in [1.29, 1.82) is 0 Å². The Bertz CT molecular complexity index is 1390. The van der Waals surface area contributed by atoms with Crippen LogP contribution in [0.2, 0.25) is 0 Å². The van der Waals surface area contributed by atoms with Crippen molar-refractivity contribution in [2.24, 2.45) is 5.10 Å². The fourth-order valence-corrected chi connectivity index (χ4v) is 4.21. The second kappa shape index (κ2) is 12.1. The number of carbonyl (C=O) groups excluding carboxylic acids is 1. The van der Waals surface area contributed by atoms with Gasteiger partial charge in [-0.05, 0) is 50.2 Å². The zero-order valence-corrected chi connectivity index (χ0v) is 21.5. The van der Waals surface area contributed by atoms with Crippen LogP contribution in [0.3, 0.4) is 0 Å². The van der Waals surface area contributed by atoms with E-state index in [0.717, 1.165) is 22.6 Å². The molecule has 4 aromatic rings. The highest BCUT2D eigenvalue weighted by molar-refractivity contribution is 7.99. The van der Waals surface area contributed by atoms with Gasteiger partial charge >= 0.3 is 0 Å². The van der Waals surface area contributed by atoms with Crippen molar-refractivity contribution in [2.75, 3.05) is 19.5 Å². The number of nitrogens with zero attached hydrogens (tertiary/aromatic N) is 4. The molecule has 2 N–H and O–H groups in total. The molecule has 10 heteroatoms. The minimum Gasteiger partial charge on any atom is -0.504 e. The van der Waals surface area contributed by atoms with Crippen LogP contribution in [0.25, 0.3) is 17.1 Å². The number of nitrogens with one attached hydrogen (secondary N) is 1. The van der Waals surface area contributed by atoms with Crippen molar-refractivity contribution in [3.63, 3.8) is 0 Å². The Morgan fingerprint density at radius 2 is 1.86 bits per heavy atom. The first-order valence-electron chi connectivity index (χ1n) is 11.6. The number of rotatable bonds is 10. The van der Waals surface area contributed by atoms with Crippen molar-refractivity contribution >= 4 is 23.9 Å². The van der Waals surface area contributed by atoms with E-state index in [9.17, 15) is 9.90 Å². The van der Waals surface area contributed by atoms with E-state index >= 15 is 0 Å². The number of aromatic hydroxyl groups is 1. The van der Waals surface area contributed by atoms with E-state index in [4.69, 9.17) is 9.47 Å². The first-order valence-corrected chi connectivity index (χ1v) is 12.5. The maximum Gasteiger partial charge on any atom is 0.250 e. The zero-order chi connectivity index (χ0) is 26.2. The first-order chi connectivity index (χ1) is 18.0. The third kappa shape index (κ3) is 6.28. The van der Waals surface area contributed by atoms with Gasteiger partial charge in [-0.1, -0.05) is 47.7 Å². The smallest absolute Gasteiger partial charge is 0.250 e. The van der Waals surface area contributed by atoms with Crippen LogP contribution in [0, 0.1) is 6.92 Å². The molecule has 9 nitrogen and oxygen atoms in total. The largest absolute Gasteiger partial charge is 0.504 e. The van der Waals surface area contributed by atoms with Crippen molar-refractivity contribution in [1.82, 2.24) is 20.2 Å². The van der Waals surface area contributed by atoms with Crippen molar-refractivity contribution in [3.05, 3.63) is 77.9 Å². The monoisotopic (exact) mass is 517 g/mol. The predicted octanol–water partition coefficient (Wildman–Crippen LogP) is 4.60. The SMILES string of the molecule is CCOc1cccc(C=NNC(=O)CSc2nnc(-c3ccc(C)cc3)n2-c2ccc(OC)cc2)c1O. The van der Waals surface area contributed by atoms with E-state index < -0.39 is 0 Å². The van der Waals surface area contributed by atoms with E-state index in [-0.39, 0.29) is 17.4 Å². The number of phenolic OH excluding ortho intramolecular Hbond substituents is 1. The summed E-state index contributed by atoms with van der Waals surface area (Å²) >= 11 is 1.24. The van der Waals surface area contributed by atoms with Crippen LogP contribution in [0.1, 0.15) is 18.1 Å². The topological polar surface area (TPSA) is 111 Å². The molecular weight excluding hydrogens is 490 g/mol. The Hall–Kier alpha value is -4.31. The summed E-state index contributed by atoms with van der Waals surface area (Å²) in [7, 11) is 1.62. The fourth-order valence-electron chi connectivity index (χ4n) is 3.47. The van der Waals surface area contributed by atoms with Gasteiger partial charge in [0.1, 0.15) is 5.75 Å². The molecule has 0 saturated heterocycles. The number of carbonyl (C=O) groups is 1. The number of aromatic nitrogens is 3. The van der Waals surface area contributed by atoms with Gasteiger partial charge in [-0.15, -0.1) is 10.2 Å². The van der Waals surface area contributed by atoms with E-state index in [0.29, 0.717) is 28.9 Å². The molecule has 0 atom stereocenters. The molecule has 37 heavy (non-hydrogen) atoms. The standard InChI is InChI=1S/C27H27N5O4S/c1-4-36-23-7-5-6-20(25(23)34)16-28-29-24(33)17-37-27-31-30-26(19-10-8-18(2)9-11-19)32(27)21-12-14-22(35-3)15-13-21/h5-16,34H,4,17H2,1-3H3,(H,29,33).